The van der Waals surface area contributed by atoms with E-state index in [1.165, 1.54) is 11.3 Å². The number of rotatable bonds is 7. The Morgan fingerprint density at radius 3 is 2.71 bits per heavy atom. The average Bonchev–Trinajstić information content (AvgIpc) is 2.92. The maximum atomic E-state index is 11.9. The summed E-state index contributed by atoms with van der Waals surface area (Å²) in [5.41, 5.74) is 0.947. The summed E-state index contributed by atoms with van der Waals surface area (Å²) in [6, 6.07) is 9.45. The van der Waals surface area contributed by atoms with Crippen molar-refractivity contribution in [2.24, 2.45) is 0 Å². The minimum absolute atomic E-state index is 0.0352. The van der Waals surface area contributed by atoms with E-state index in [1.807, 2.05) is 37.3 Å². The standard InChI is InChI=1S/C16H18N2O2S/c1-12-5-7-15(21-12)14(19)6-8-16(20)18-11-9-13-4-2-3-10-17-13/h2-5,7,10H,6,8-9,11H2,1H3,(H,18,20). The van der Waals surface area contributed by atoms with Gasteiger partial charge in [0, 0.05) is 42.6 Å². The zero-order valence-electron chi connectivity index (χ0n) is 12.0. The number of aromatic nitrogens is 1. The van der Waals surface area contributed by atoms with E-state index in [1.54, 1.807) is 6.20 Å². The molecule has 110 valence electrons. The molecule has 0 saturated heterocycles. The Labute approximate surface area is 128 Å². The average molecular weight is 302 g/mol. The molecule has 0 aliphatic heterocycles. The Morgan fingerprint density at radius 2 is 2.05 bits per heavy atom. The highest BCUT2D eigenvalue weighted by molar-refractivity contribution is 7.14. The highest BCUT2D eigenvalue weighted by atomic mass is 32.1. The third-order valence-electron chi connectivity index (χ3n) is 3.02. The summed E-state index contributed by atoms with van der Waals surface area (Å²) in [5, 5.41) is 2.82. The molecule has 0 aromatic carbocycles. The minimum atomic E-state index is -0.0902. The molecule has 2 heterocycles. The molecule has 21 heavy (non-hydrogen) atoms. The van der Waals surface area contributed by atoms with Gasteiger partial charge in [0.15, 0.2) is 5.78 Å². The first-order chi connectivity index (χ1) is 10.1. The number of ketones is 1. The zero-order valence-corrected chi connectivity index (χ0v) is 12.8. The van der Waals surface area contributed by atoms with Crippen LogP contribution >= 0.6 is 11.3 Å². The minimum Gasteiger partial charge on any atom is -0.356 e. The predicted octanol–water partition coefficient (Wildman–Crippen LogP) is 2.77. The lowest BCUT2D eigenvalue weighted by Crippen LogP contribution is -2.26. The summed E-state index contributed by atoms with van der Waals surface area (Å²) < 4.78 is 0. The van der Waals surface area contributed by atoms with Crippen LogP contribution in [0.25, 0.3) is 0 Å². The first-order valence-electron chi connectivity index (χ1n) is 6.91. The number of pyridine rings is 1. The first kappa shape index (κ1) is 15.4. The smallest absolute Gasteiger partial charge is 0.220 e. The number of Topliss-reactive ketones (excluding diaryl/α,β-unsaturated/α-hetero) is 1. The molecule has 1 amide bonds. The summed E-state index contributed by atoms with van der Waals surface area (Å²) in [4.78, 5) is 29.6. The summed E-state index contributed by atoms with van der Waals surface area (Å²) in [6.07, 6.45) is 2.93. The number of amides is 1. The Morgan fingerprint density at radius 1 is 1.19 bits per heavy atom. The number of nitrogens with zero attached hydrogens (tertiary/aromatic N) is 1. The molecule has 2 rings (SSSR count). The van der Waals surface area contributed by atoms with E-state index in [-0.39, 0.29) is 24.5 Å². The van der Waals surface area contributed by atoms with E-state index in [9.17, 15) is 9.59 Å². The van der Waals surface area contributed by atoms with E-state index < -0.39 is 0 Å². The van der Waals surface area contributed by atoms with Gasteiger partial charge >= 0.3 is 0 Å². The van der Waals surface area contributed by atoms with E-state index in [2.05, 4.69) is 10.3 Å². The number of hydrogen-bond donors (Lipinski definition) is 1. The molecule has 0 atom stereocenters. The molecule has 0 spiro atoms. The van der Waals surface area contributed by atoms with Crippen LogP contribution in [0.2, 0.25) is 0 Å². The molecule has 0 fully saturated rings. The molecule has 0 radical (unpaired) electrons. The molecule has 0 aliphatic carbocycles. The van der Waals surface area contributed by atoms with Gasteiger partial charge in [-0.15, -0.1) is 11.3 Å². The van der Waals surface area contributed by atoms with Gasteiger partial charge in [-0.2, -0.15) is 0 Å². The first-order valence-corrected chi connectivity index (χ1v) is 7.73. The van der Waals surface area contributed by atoms with Crippen LogP contribution in [0, 0.1) is 6.92 Å². The molecule has 2 aromatic rings. The van der Waals surface area contributed by atoms with Crippen molar-refractivity contribution in [3.05, 3.63) is 52.0 Å². The fourth-order valence-corrected chi connectivity index (χ4v) is 2.73. The summed E-state index contributed by atoms with van der Waals surface area (Å²) in [7, 11) is 0. The fourth-order valence-electron chi connectivity index (χ4n) is 1.90. The van der Waals surface area contributed by atoms with E-state index >= 15 is 0 Å². The Kier molecular flexibility index (Phi) is 5.63. The third-order valence-corrected chi connectivity index (χ3v) is 4.07. The lowest BCUT2D eigenvalue weighted by Gasteiger charge is -2.04. The second-order valence-electron chi connectivity index (χ2n) is 4.75. The summed E-state index contributed by atoms with van der Waals surface area (Å²) in [5.74, 6) is -0.0551. The monoisotopic (exact) mass is 302 g/mol. The zero-order chi connectivity index (χ0) is 15.1. The number of carbonyl (C=O) groups is 2. The van der Waals surface area contributed by atoms with E-state index in [0.717, 1.165) is 15.4 Å². The highest BCUT2D eigenvalue weighted by Crippen LogP contribution is 2.17. The Bertz CT molecular complexity index is 608. The third kappa shape index (κ3) is 5.11. The van der Waals surface area contributed by atoms with Crippen molar-refractivity contribution in [2.75, 3.05) is 6.54 Å². The molecule has 2 aromatic heterocycles. The lowest BCUT2D eigenvalue weighted by molar-refractivity contribution is -0.121. The van der Waals surface area contributed by atoms with Crippen molar-refractivity contribution in [1.29, 1.82) is 0 Å². The van der Waals surface area contributed by atoms with Gasteiger partial charge in [0.2, 0.25) is 5.91 Å². The lowest BCUT2D eigenvalue weighted by atomic mass is 10.2. The number of hydrogen-bond acceptors (Lipinski definition) is 4. The van der Waals surface area contributed by atoms with Gasteiger partial charge in [0.25, 0.3) is 0 Å². The second-order valence-corrected chi connectivity index (χ2v) is 6.04. The van der Waals surface area contributed by atoms with Crippen LogP contribution in [0.4, 0.5) is 0 Å². The van der Waals surface area contributed by atoms with Gasteiger partial charge in [0.05, 0.1) is 4.88 Å². The molecule has 0 saturated carbocycles. The normalized spacial score (nSPS) is 10.3. The van der Waals surface area contributed by atoms with Crippen LogP contribution in [0.5, 0.6) is 0 Å². The van der Waals surface area contributed by atoms with Crippen LogP contribution in [-0.4, -0.2) is 23.2 Å². The van der Waals surface area contributed by atoms with E-state index in [0.29, 0.717) is 13.0 Å². The molecular weight excluding hydrogens is 284 g/mol. The quantitative estimate of drug-likeness (QED) is 0.800. The van der Waals surface area contributed by atoms with Crippen LogP contribution in [-0.2, 0) is 11.2 Å². The SMILES string of the molecule is Cc1ccc(C(=O)CCC(=O)NCCc2ccccn2)s1. The largest absolute Gasteiger partial charge is 0.356 e. The van der Waals surface area contributed by atoms with Crippen LogP contribution < -0.4 is 5.32 Å². The molecular formula is C16H18N2O2S. The molecule has 0 unspecified atom stereocenters. The highest BCUT2D eigenvalue weighted by Gasteiger charge is 2.10. The molecule has 5 heteroatoms. The van der Waals surface area contributed by atoms with Crippen molar-refractivity contribution < 1.29 is 9.59 Å². The Hall–Kier alpha value is -2.01. The summed E-state index contributed by atoms with van der Waals surface area (Å²) in [6.45, 7) is 2.51. The van der Waals surface area contributed by atoms with Gasteiger partial charge in [-0.1, -0.05) is 6.07 Å². The van der Waals surface area contributed by atoms with Crippen molar-refractivity contribution >= 4 is 23.0 Å². The summed E-state index contributed by atoms with van der Waals surface area (Å²) >= 11 is 1.47. The van der Waals surface area contributed by atoms with Crippen molar-refractivity contribution in [1.82, 2.24) is 10.3 Å². The van der Waals surface area contributed by atoms with E-state index in [4.69, 9.17) is 0 Å². The molecule has 0 aliphatic rings. The molecule has 0 bridgehead atoms. The van der Waals surface area contributed by atoms with Crippen LogP contribution in [0.3, 0.4) is 0 Å². The number of carbonyl (C=O) groups excluding carboxylic acids is 2. The molecule has 4 nitrogen and oxygen atoms in total. The van der Waals surface area contributed by atoms with Crippen molar-refractivity contribution in [3.8, 4) is 0 Å². The fraction of sp³-hybridized carbons (Fsp3) is 0.312. The topological polar surface area (TPSA) is 59.1 Å². The van der Waals surface area contributed by atoms with Crippen molar-refractivity contribution in [2.45, 2.75) is 26.2 Å². The van der Waals surface area contributed by atoms with Gasteiger partial charge in [-0.05, 0) is 31.2 Å². The van der Waals surface area contributed by atoms with Crippen molar-refractivity contribution in [3.63, 3.8) is 0 Å². The second kappa shape index (κ2) is 7.69. The van der Waals surface area contributed by atoms with Crippen LogP contribution in [0.1, 0.15) is 33.1 Å². The maximum Gasteiger partial charge on any atom is 0.220 e. The number of nitrogens with one attached hydrogen (secondary N) is 1. The van der Waals surface area contributed by atoms with Gasteiger partial charge in [-0.25, -0.2) is 0 Å². The molecule has 1 N–H and O–H groups in total. The van der Waals surface area contributed by atoms with Gasteiger partial charge in [0.1, 0.15) is 0 Å². The number of thiophene rings is 1. The van der Waals surface area contributed by atoms with Crippen LogP contribution in [0.15, 0.2) is 36.5 Å². The Balaban J connectivity index is 1.67. The number of aryl methyl sites for hydroxylation is 1. The predicted molar refractivity (Wildman–Crippen MR) is 83.6 cm³/mol. The van der Waals surface area contributed by atoms with Gasteiger partial charge in [-0.3, -0.25) is 14.6 Å². The van der Waals surface area contributed by atoms with Gasteiger partial charge < -0.3 is 5.32 Å². The maximum absolute atomic E-state index is 11.9.